The first-order valence-electron chi connectivity index (χ1n) is 6.14. The smallest absolute Gasteiger partial charge is 0.233 e. The molecule has 3 nitrogen and oxygen atoms in total. The van der Waals surface area contributed by atoms with Crippen molar-refractivity contribution in [1.29, 1.82) is 0 Å². The van der Waals surface area contributed by atoms with Crippen LogP contribution in [0.2, 0.25) is 0 Å². The van der Waals surface area contributed by atoms with Gasteiger partial charge in [-0.2, -0.15) is 0 Å². The van der Waals surface area contributed by atoms with E-state index in [2.05, 4.69) is 12.2 Å². The van der Waals surface area contributed by atoms with Gasteiger partial charge in [0.2, 0.25) is 5.91 Å². The molecule has 0 aliphatic rings. The topological polar surface area (TPSA) is 49.3 Å². The Hall–Kier alpha value is -0.220. The molecule has 96 valence electrons. The molecule has 2 N–H and O–H groups in total. The third-order valence-corrected chi connectivity index (χ3v) is 3.66. The second kappa shape index (κ2) is 9.97. The normalized spacial score (nSPS) is 14.5. The van der Waals surface area contributed by atoms with Crippen LogP contribution in [0.1, 0.15) is 46.5 Å². The van der Waals surface area contributed by atoms with Crippen molar-refractivity contribution < 1.29 is 9.90 Å². The van der Waals surface area contributed by atoms with E-state index in [1.165, 1.54) is 12.8 Å². The van der Waals surface area contributed by atoms with Gasteiger partial charge in [-0.05, 0) is 38.9 Å². The quantitative estimate of drug-likeness (QED) is 0.614. The van der Waals surface area contributed by atoms with Gasteiger partial charge in [0.05, 0.1) is 5.25 Å². The number of nitrogens with one attached hydrogen (secondary N) is 1. The molecule has 2 atom stereocenters. The fraction of sp³-hybridized carbons (Fsp3) is 0.917. The molecule has 0 rings (SSSR count). The zero-order valence-electron chi connectivity index (χ0n) is 10.7. The number of aliphatic hydroxyl groups excluding tert-OH is 1. The Morgan fingerprint density at radius 3 is 2.62 bits per heavy atom. The molecule has 0 heterocycles. The van der Waals surface area contributed by atoms with Crippen molar-refractivity contribution in [3.8, 4) is 0 Å². The lowest BCUT2D eigenvalue weighted by Gasteiger charge is -2.16. The molecule has 0 saturated heterocycles. The van der Waals surface area contributed by atoms with E-state index in [1.807, 2.05) is 13.8 Å². The van der Waals surface area contributed by atoms with E-state index in [4.69, 9.17) is 5.11 Å². The summed E-state index contributed by atoms with van der Waals surface area (Å²) in [5.41, 5.74) is 0. The van der Waals surface area contributed by atoms with Gasteiger partial charge in [-0.25, -0.2) is 0 Å². The Bertz CT molecular complexity index is 188. The molecule has 16 heavy (non-hydrogen) atoms. The van der Waals surface area contributed by atoms with Crippen LogP contribution in [0.25, 0.3) is 0 Å². The van der Waals surface area contributed by atoms with Crippen LogP contribution in [0.4, 0.5) is 0 Å². The summed E-state index contributed by atoms with van der Waals surface area (Å²) in [5, 5.41) is 11.7. The summed E-state index contributed by atoms with van der Waals surface area (Å²) >= 11 is 1.71. The number of amides is 1. The van der Waals surface area contributed by atoms with Gasteiger partial charge in [0.25, 0.3) is 0 Å². The number of rotatable bonds is 9. The predicted octanol–water partition coefficient (Wildman–Crippen LogP) is 2.19. The lowest BCUT2D eigenvalue weighted by molar-refractivity contribution is -0.120. The highest BCUT2D eigenvalue weighted by Gasteiger charge is 2.14. The Labute approximate surface area is 103 Å². The molecule has 0 fully saturated rings. The SMILES string of the molecule is CCCCS[C@@H](C)C(=O)N[C@@H](C)CCCO. The van der Waals surface area contributed by atoms with Crippen LogP contribution in [0.15, 0.2) is 0 Å². The third-order valence-electron chi connectivity index (χ3n) is 2.42. The highest BCUT2D eigenvalue weighted by Crippen LogP contribution is 2.13. The second-order valence-corrected chi connectivity index (χ2v) is 5.59. The van der Waals surface area contributed by atoms with E-state index in [0.717, 1.165) is 18.6 Å². The minimum Gasteiger partial charge on any atom is -0.396 e. The Kier molecular flexibility index (Phi) is 9.83. The second-order valence-electron chi connectivity index (χ2n) is 4.14. The van der Waals surface area contributed by atoms with Gasteiger partial charge in [0.1, 0.15) is 0 Å². The molecule has 4 heteroatoms. The molecule has 0 bridgehead atoms. The van der Waals surface area contributed by atoms with E-state index < -0.39 is 0 Å². The molecule has 0 aromatic rings. The molecule has 0 radical (unpaired) electrons. The number of hydrogen-bond donors (Lipinski definition) is 2. The van der Waals surface area contributed by atoms with Crippen molar-refractivity contribution in [1.82, 2.24) is 5.32 Å². The number of unbranched alkanes of at least 4 members (excludes halogenated alkanes) is 1. The molecule has 0 saturated carbocycles. The average Bonchev–Trinajstić information content (AvgIpc) is 2.26. The predicted molar refractivity (Wildman–Crippen MR) is 70.8 cm³/mol. The van der Waals surface area contributed by atoms with Crippen molar-refractivity contribution in [2.75, 3.05) is 12.4 Å². The molecule has 1 amide bonds. The van der Waals surface area contributed by atoms with Gasteiger partial charge >= 0.3 is 0 Å². The maximum atomic E-state index is 11.7. The molecule has 0 aliphatic heterocycles. The summed E-state index contributed by atoms with van der Waals surface area (Å²) in [5.74, 6) is 1.17. The van der Waals surface area contributed by atoms with Crippen molar-refractivity contribution in [3.05, 3.63) is 0 Å². The summed E-state index contributed by atoms with van der Waals surface area (Å²) in [6.45, 7) is 6.29. The van der Waals surface area contributed by atoms with Crippen LogP contribution in [0, 0.1) is 0 Å². The zero-order chi connectivity index (χ0) is 12.4. The standard InChI is InChI=1S/C12H25NO2S/c1-4-5-9-16-11(3)12(15)13-10(2)7-6-8-14/h10-11,14H,4-9H2,1-3H3,(H,13,15)/t10-,11-/m0/s1. The van der Waals surface area contributed by atoms with Crippen LogP contribution in [-0.2, 0) is 4.79 Å². The number of thioether (sulfide) groups is 1. The van der Waals surface area contributed by atoms with E-state index in [1.54, 1.807) is 11.8 Å². The number of carbonyl (C=O) groups excluding carboxylic acids is 1. The Balaban J connectivity index is 3.68. The molecular weight excluding hydrogens is 222 g/mol. The number of hydrogen-bond acceptors (Lipinski definition) is 3. The first kappa shape index (κ1) is 15.8. The maximum Gasteiger partial charge on any atom is 0.233 e. The Morgan fingerprint density at radius 1 is 1.38 bits per heavy atom. The van der Waals surface area contributed by atoms with Crippen LogP contribution in [-0.4, -0.2) is 34.7 Å². The summed E-state index contributed by atoms with van der Waals surface area (Å²) in [4.78, 5) is 11.7. The summed E-state index contributed by atoms with van der Waals surface area (Å²) < 4.78 is 0. The molecule has 0 unspecified atom stereocenters. The van der Waals surface area contributed by atoms with Crippen molar-refractivity contribution in [2.24, 2.45) is 0 Å². The van der Waals surface area contributed by atoms with Crippen molar-refractivity contribution in [3.63, 3.8) is 0 Å². The highest BCUT2D eigenvalue weighted by molar-refractivity contribution is 8.00. The van der Waals surface area contributed by atoms with E-state index in [-0.39, 0.29) is 23.8 Å². The first-order valence-corrected chi connectivity index (χ1v) is 7.19. The van der Waals surface area contributed by atoms with Crippen LogP contribution >= 0.6 is 11.8 Å². The van der Waals surface area contributed by atoms with Gasteiger partial charge in [-0.1, -0.05) is 13.3 Å². The van der Waals surface area contributed by atoms with Gasteiger partial charge in [0.15, 0.2) is 0 Å². The largest absolute Gasteiger partial charge is 0.396 e. The minimum absolute atomic E-state index is 0.0307. The van der Waals surface area contributed by atoms with Crippen LogP contribution in [0.3, 0.4) is 0 Å². The minimum atomic E-state index is 0.0307. The fourth-order valence-corrected chi connectivity index (χ4v) is 2.34. The van der Waals surface area contributed by atoms with Crippen molar-refractivity contribution in [2.45, 2.75) is 57.7 Å². The van der Waals surface area contributed by atoms with E-state index in [9.17, 15) is 4.79 Å². The van der Waals surface area contributed by atoms with Gasteiger partial charge in [-0.15, -0.1) is 11.8 Å². The summed E-state index contributed by atoms with van der Waals surface area (Å²) in [7, 11) is 0. The first-order chi connectivity index (χ1) is 7.61. The van der Waals surface area contributed by atoms with Crippen LogP contribution < -0.4 is 5.32 Å². The molecule has 0 spiro atoms. The fourth-order valence-electron chi connectivity index (χ4n) is 1.31. The van der Waals surface area contributed by atoms with Crippen LogP contribution in [0.5, 0.6) is 0 Å². The number of carbonyl (C=O) groups is 1. The molecule has 0 aromatic heterocycles. The summed E-state index contributed by atoms with van der Waals surface area (Å²) in [6.07, 6.45) is 3.93. The monoisotopic (exact) mass is 247 g/mol. The molecule has 0 aliphatic carbocycles. The van der Waals surface area contributed by atoms with Gasteiger partial charge < -0.3 is 10.4 Å². The van der Waals surface area contributed by atoms with Crippen molar-refractivity contribution >= 4 is 17.7 Å². The van der Waals surface area contributed by atoms with Gasteiger partial charge in [0, 0.05) is 12.6 Å². The maximum absolute atomic E-state index is 11.7. The lowest BCUT2D eigenvalue weighted by Crippen LogP contribution is -2.37. The summed E-state index contributed by atoms with van der Waals surface area (Å²) in [6, 6.07) is 0.161. The molecule has 0 aromatic carbocycles. The van der Waals surface area contributed by atoms with Gasteiger partial charge in [-0.3, -0.25) is 4.79 Å². The third kappa shape index (κ3) is 7.99. The highest BCUT2D eigenvalue weighted by atomic mass is 32.2. The van der Waals surface area contributed by atoms with E-state index in [0.29, 0.717) is 0 Å². The van der Waals surface area contributed by atoms with E-state index >= 15 is 0 Å². The molecular formula is C12H25NO2S. The average molecular weight is 247 g/mol. The number of aliphatic hydroxyl groups is 1. The lowest BCUT2D eigenvalue weighted by atomic mass is 10.2. The zero-order valence-corrected chi connectivity index (χ0v) is 11.5. The Morgan fingerprint density at radius 2 is 2.06 bits per heavy atom.